The Kier molecular flexibility index (Phi) is 4.25. The third-order valence-corrected chi connectivity index (χ3v) is 2.64. The maximum absolute atomic E-state index is 12.0. The van der Waals surface area contributed by atoms with Crippen LogP contribution in [0.5, 0.6) is 5.75 Å². The molecule has 2 aromatic rings. The number of aromatic nitrogens is 1. The molecule has 0 unspecified atom stereocenters. The molecule has 1 amide bonds. The lowest BCUT2D eigenvalue weighted by Crippen LogP contribution is -2.18. The first-order chi connectivity index (χ1) is 10.7. The second-order valence-corrected chi connectivity index (χ2v) is 4.29. The Morgan fingerprint density at radius 2 is 1.96 bits per heavy atom. The molecule has 0 radical (unpaired) electrons. The van der Waals surface area contributed by atoms with Crippen LogP contribution in [0.3, 0.4) is 0 Å². The Balaban J connectivity index is 2.15. The molecule has 0 aliphatic heterocycles. The van der Waals surface area contributed by atoms with Gasteiger partial charge < -0.3 is 19.7 Å². The fourth-order valence-electron chi connectivity index (χ4n) is 1.72. The van der Waals surface area contributed by atoms with Crippen LogP contribution in [0.25, 0.3) is 0 Å². The lowest BCUT2D eigenvalue weighted by molar-refractivity contribution is -0.274. The molecule has 2 rings (SSSR count). The summed E-state index contributed by atoms with van der Waals surface area (Å²) in [6.07, 6.45) is -4.82. The zero-order valence-corrected chi connectivity index (χ0v) is 11.5. The second-order valence-electron chi connectivity index (χ2n) is 4.29. The first kappa shape index (κ1) is 16.3. The van der Waals surface area contributed by atoms with Gasteiger partial charge >= 0.3 is 12.3 Å². The minimum absolute atomic E-state index is 0.00285. The van der Waals surface area contributed by atoms with Gasteiger partial charge in [0.25, 0.3) is 5.91 Å². The normalized spacial score (nSPS) is 11.1. The van der Waals surface area contributed by atoms with Crippen molar-refractivity contribution in [3.8, 4) is 5.75 Å². The Morgan fingerprint density at radius 3 is 2.48 bits per heavy atom. The van der Waals surface area contributed by atoms with Gasteiger partial charge in [-0.3, -0.25) is 4.79 Å². The van der Waals surface area contributed by atoms with Gasteiger partial charge in [0.2, 0.25) is 5.69 Å². The van der Waals surface area contributed by atoms with Crippen molar-refractivity contribution in [2.75, 3.05) is 5.32 Å². The molecule has 0 fully saturated rings. The summed E-state index contributed by atoms with van der Waals surface area (Å²) in [5.41, 5.74) is -0.688. The molecule has 2 N–H and O–H groups in total. The Labute approximate surface area is 126 Å². The molecule has 122 valence electrons. The van der Waals surface area contributed by atoms with Crippen LogP contribution in [0.4, 0.5) is 18.9 Å². The Bertz CT molecular complexity index is 737. The van der Waals surface area contributed by atoms with Crippen molar-refractivity contribution in [1.82, 2.24) is 5.16 Å². The van der Waals surface area contributed by atoms with E-state index in [4.69, 9.17) is 5.11 Å². The first-order valence-corrected chi connectivity index (χ1v) is 6.04. The van der Waals surface area contributed by atoms with E-state index in [-0.39, 0.29) is 17.0 Å². The minimum Gasteiger partial charge on any atom is -0.476 e. The molecule has 0 saturated carbocycles. The van der Waals surface area contributed by atoms with E-state index in [2.05, 4.69) is 19.7 Å². The van der Waals surface area contributed by atoms with Crippen molar-refractivity contribution >= 4 is 17.6 Å². The van der Waals surface area contributed by atoms with E-state index in [0.717, 1.165) is 12.1 Å². The lowest BCUT2D eigenvalue weighted by atomic mass is 10.3. The molecule has 0 saturated heterocycles. The number of carboxylic acids is 1. The number of carbonyl (C=O) groups is 2. The first-order valence-electron chi connectivity index (χ1n) is 6.04. The van der Waals surface area contributed by atoms with Crippen molar-refractivity contribution in [3.63, 3.8) is 0 Å². The number of amides is 1. The van der Waals surface area contributed by atoms with Crippen molar-refractivity contribution < 1.29 is 37.1 Å². The summed E-state index contributed by atoms with van der Waals surface area (Å²) in [5.74, 6) is -2.72. The van der Waals surface area contributed by atoms with Gasteiger partial charge in [-0.25, -0.2) is 4.79 Å². The number of aromatic carboxylic acids is 1. The molecule has 0 aliphatic carbocycles. The van der Waals surface area contributed by atoms with E-state index in [0.29, 0.717) is 0 Å². The van der Waals surface area contributed by atoms with E-state index < -0.39 is 29.7 Å². The van der Waals surface area contributed by atoms with Crippen LogP contribution in [0, 0.1) is 6.92 Å². The van der Waals surface area contributed by atoms with Crippen molar-refractivity contribution in [1.29, 1.82) is 0 Å². The van der Waals surface area contributed by atoms with Crippen LogP contribution < -0.4 is 10.1 Å². The molecular formula is C13H9F3N2O5. The Hall–Kier alpha value is -3.04. The number of halogens is 3. The zero-order valence-electron chi connectivity index (χ0n) is 11.5. The number of hydrogen-bond donors (Lipinski definition) is 2. The highest BCUT2D eigenvalue weighted by atomic mass is 19.4. The summed E-state index contributed by atoms with van der Waals surface area (Å²) in [7, 11) is 0. The van der Waals surface area contributed by atoms with Gasteiger partial charge in [-0.2, -0.15) is 0 Å². The highest BCUT2D eigenvalue weighted by molar-refractivity contribution is 6.10. The van der Waals surface area contributed by atoms with Crippen LogP contribution in [-0.4, -0.2) is 28.5 Å². The topological polar surface area (TPSA) is 102 Å². The highest BCUT2D eigenvalue weighted by Gasteiger charge is 2.31. The van der Waals surface area contributed by atoms with Gasteiger partial charge in [0.15, 0.2) is 0 Å². The van der Waals surface area contributed by atoms with E-state index >= 15 is 0 Å². The summed E-state index contributed by atoms with van der Waals surface area (Å²) in [4.78, 5) is 23.0. The largest absolute Gasteiger partial charge is 0.573 e. The lowest BCUT2D eigenvalue weighted by Gasteiger charge is -2.09. The second kappa shape index (κ2) is 5.99. The smallest absolute Gasteiger partial charge is 0.476 e. The summed E-state index contributed by atoms with van der Waals surface area (Å²) in [6.45, 7) is 1.36. The fraction of sp³-hybridized carbons (Fsp3) is 0.154. The molecule has 1 aromatic carbocycles. The van der Waals surface area contributed by atoms with Crippen LogP contribution in [-0.2, 0) is 0 Å². The van der Waals surface area contributed by atoms with Gasteiger partial charge in [-0.1, -0.05) is 5.16 Å². The summed E-state index contributed by atoms with van der Waals surface area (Å²) in [6, 6.07) is 4.34. The molecule has 0 bridgehead atoms. The molecule has 0 spiro atoms. The third-order valence-electron chi connectivity index (χ3n) is 2.64. The van der Waals surface area contributed by atoms with Crippen molar-refractivity contribution in [3.05, 3.63) is 41.3 Å². The summed E-state index contributed by atoms with van der Waals surface area (Å²) in [5, 5.41) is 14.5. The van der Waals surface area contributed by atoms with Crippen LogP contribution >= 0.6 is 0 Å². The minimum atomic E-state index is -4.82. The number of hydrogen-bond acceptors (Lipinski definition) is 5. The number of aryl methyl sites for hydroxylation is 1. The molecule has 0 aliphatic rings. The van der Waals surface area contributed by atoms with Gasteiger partial charge in [-0.15, -0.1) is 13.2 Å². The van der Waals surface area contributed by atoms with Crippen LogP contribution in [0.1, 0.15) is 26.6 Å². The average Bonchev–Trinajstić information content (AvgIpc) is 2.81. The van der Waals surface area contributed by atoms with E-state index in [1.807, 2.05) is 0 Å². The zero-order chi connectivity index (χ0) is 17.2. The van der Waals surface area contributed by atoms with Crippen molar-refractivity contribution in [2.24, 2.45) is 0 Å². The van der Waals surface area contributed by atoms with Gasteiger partial charge in [0.05, 0.1) is 0 Å². The van der Waals surface area contributed by atoms with E-state index in [1.165, 1.54) is 19.1 Å². The summed E-state index contributed by atoms with van der Waals surface area (Å²) < 4.78 is 44.5. The van der Waals surface area contributed by atoms with Gasteiger partial charge in [-0.05, 0) is 31.2 Å². The van der Waals surface area contributed by atoms with E-state index in [9.17, 15) is 22.8 Å². The van der Waals surface area contributed by atoms with Crippen molar-refractivity contribution in [2.45, 2.75) is 13.3 Å². The number of anilines is 1. The molecule has 10 heteroatoms. The number of carbonyl (C=O) groups excluding carboxylic acids is 1. The Morgan fingerprint density at radius 1 is 1.35 bits per heavy atom. The highest BCUT2D eigenvalue weighted by Crippen LogP contribution is 2.24. The molecular weight excluding hydrogens is 323 g/mol. The maximum Gasteiger partial charge on any atom is 0.573 e. The van der Waals surface area contributed by atoms with E-state index in [1.54, 1.807) is 0 Å². The van der Waals surface area contributed by atoms with Crippen LogP contribution in [0.15, 0.2) is 28.8 Å². The number of nitrogens with one attached hydrogen (secondary N) is 1. The number of benzene rings is 1. The van der Waals surface area contributed by atoms with Gasteiger partial charge in [0, 0.05) is 5.69 Å². The average molecular weight is 332 g/mol. The predicted octanol–water partition coefficient (Wildman–Crippen LogP) is 2.83. The predicted molar refractivity (Wildman–Crippen MR) is 69.3 cm³/mol. The molecule has 1 heterocycles. The molecule has 1 aromatic heterocycles. The molecule has 7 nitrogen and oxygen atoms in total. The van der Waals surface area contributed by atoms with Gasteiger partial charge in [0.1, 0.15) is 17.1 Å². The number of nitrogens with zero attached hydrogens (tertiary/aromatic N) is 1. The quantitative estimate of drug-likeness (QED) is 0.893. The molecule has 0 atom stereocenters. The van der Waals surface area contributed by atoms with Crippen LogP contribution in [0.2, 0.25) is 0 Å². The number of rotatable bonds is 4. The number of alkyl halides is 3. The fourth-order valence-corrected chi connectivity index (χ4v) is 1.72. The number of ether oxygens (including phenoxy) is 1. The molecule has 23 heavy (non-hydrogen) atoms. The standard InChI is InChI=1S/C13H9F3N2O5/c1-6-9(10(12(20)21)18-23-6)11(19)17-7-2-4-8(5-3-7)22-13(14,15)16/h2-5H,1H3,(H,17,19)(H,20,21)/i11+2. The SMILES string of the molecule is Cc1onc(C(=O)O)c1[14C](=O)Nc1ccc(OC(F)(F)F)cc1. The maximum atomic E-state index is 12.0. The monoisotopic (exact) mass is 332 g/mol. The third kappa shape index (κ3) is 3.99. The number of carboxylic acid groups (broad SMARTS) is 1. The summed E-state index contributed by atoms with van der Waals surface area (Å²) >= 11 is 0.